The number of quaternary nitrogens is 1. The molecular formula is C18H30N2O4S. The number of nitrogens with zero attached hydrogens (tertiary/aromatic N) is 1. The van der Waals surface area contributed by atoms with Crippen LogP contribution >= 0.6 is 0 Å². The van der Waals surface area contributed by atoms with Crippen LogP contribution in [0, 0.1) is 0 Å². The molecular weight excluding hydrogens is 340 g/mol. The van der Waals surface area contributed by atoms with Crippen molar-refractivity contribution in [2.45, 2.75) is 26.0 Å². The Labute approximate surface area is 151 Å². The molecule has 0 saturated heterocycles. The fraction of sp³-hybridized carbons (Fsp3) is 0.500. The van der Waals surface area contributed by atoms with Crippen molar-refractivity contribution in [3.63, 3.8) is 0 Å². The first-order valence-corrected chi connectivity index (χ1v) is 9.78. The quantitative estimate of drug-likeness (QED) is 0.328. The molecule has 0 spiro atoms. The van der Waals surface area contributed by atoms with Crippen LogP contribution in [0.3, 0.4) is 0 Å². The number of benzene rings is 1. The van der Waals surface area contributed by atoms with Crippen molar-refractivity contribution in [1.29, 1.82) is 0 Å². The van der Waals surface area contributed by atoms with E-state index < -0.39 is 15.9 Å². The van der Waals surface area contributed by atoms with E-state index >= 15 is 0 Å². The Balaban J connectivity index is 0.000000472. The standard InChI is InChI=1S/C11H22N2O.C7H8O3S/c1-6-13(4,5)9-7-8-12-11(14)10(2)3;8-11(9,10)6-7-4-2-1-3-5-7/h2,6-9H2,1,3-5H3;1-5H,6H2,(H,8,9,10). The molecule has 1 rings (SSSR count). The molecule has 7 heteroatoms. The lowest BCUT2D eigenvalue weighted by atomic mass is 10.2. The van der Waals surface area contributed by atoms with Crippen LogP contribution in [0.2, 0.25) is 0 Å². The van der Waals surface area contributed by atoms with Gasteiger partial charge in [-0.1, -0.05) is 36.9 Å². The molecule has 0 aliphatic rings. The number of carbonyl (C=O) groups is 1. The van der Waals surface area contributed by atoms with Gasteiger partial charge in [-0.2, -0.15) is 0 Å². The maximum Gasteiger partial charge on any atom is 0.246 e. The Bertz CT molecular complexity index is 640. The molecule has 142 valence electrons. The van der Waals surface area contributed by atoms with Gasteiger partial charge in [0.25, 0.3) is 0 Å². The van der Waals surface area contributed by atoms with E-state index in [-0.39, 0.29) is 5.91 Å². The monoisotopic (exact) mass is 370 g/mol. The first-order chi connectivity index (χ1) is 11.5. The molecule has 1 N–H and O–H groups in total. The average molecular weight is 371 g/mol. The zero-order valence-electron chi connectivity index (χ0n) is 15.6. The predicted octanol–water partition coefficient (Wildman–Crippen LogP) is 1.90. The molecule has 0 aromatic heterocycles. The van der Waals surface area contributed by atoms with Crippen molar-refractivity contribution in [3.8, 4) is 0 Å². The van der Waals surface area contributed by atoms with E-state index in [9.17, 15) is 17.8 Å². The zero-order valence-corrected chi connectivity index (χ0v) is 16.4. The van der Waals surface area contributed by atoms with Gasteiger partial charge in [0.2, 0.25) is 5.91 Å². The van der Waals surface area contributed by atoms with Gasteiger partial charge in [-0.25, -0.2) is 8.42 Å². The number of carbonyl (C=O) groups excluding carboxylic acids is 1. The van der Waals surface area contributed by atoms with Crippen LogP contribution in [0.5, 0.6) is 0 Å². The van der Waals surface area contributed by atoms with Crippen molar-refractivity contribution >= 4 is 16.0 Å². The average Bonchev–Trinajstić information content (AvgIpc) is 2.51. The summed E-state index contributed by atoms with van der Waals surface area (Å²) in [6, 6.07) is 8.37. The molecule has 0 bridgehead atoms. The van der Waals surface area contributed by atoms with E-state index in [0.717, 1.165) is 30.5 Å². The highest BCUT2D eigenvalue weighted by atomic mass is 32.2. The Morgan fingerprint density at radius 1 is 1.24 bits per heavy atom. The molecule has 0 aliphatic carbocycles. The first-order valence-electron chi connectivity index (χ1n) is 8.20. The maximum atomic E-state index is 11.1. The zero-order chi connectivity index (χ0) is 19.5. The second-order valence-electron chi connectivity index (χ2n) is 6.55. The normalized spacial score (nSPS) is 11.2. The van der Waals surface area contributed by atoms with Crippen molar-refractivity contribution in [3.05, 3.63) is 48.0 Å². The summed E-state index contributed by atoms with van der Waals surface area (Å²) in [5.74, 6) is -0.458. The summed E-state index contributed by atoms with van der Waals surface area (Å²) >= 11 is 0. The van der Waals surface area contributed by atoms with E-state index in [1.807, 2.05) is 0 Å². The summed E-state index contributed by atoms with van der Waals surface area (Å²) in [6.45, 7) is 10.4. The molecule has 0 atom stereocenters. The van der Waals surface area contributed by atoms with Gasteiger partial charge in [-0.15, -0.1) is 0 Å². The van der Waals surface area contributed by atoms with Gasteiger partial charge < -0.3 is 14.4 Å². The first kappa shape index (κ1) is 23.3. The van der Waals surface area contributed by atoms with Crippen LogP contribution in [0.15, 0.2) is 42.5 Å². The summed E-state index contributed by atoms with van der Waals surface area (Å²) in [5, 5.41) is 2.83. The van der Waals surface area contributed by atoms with E-state index in [2.05, 4.69) is 32.9 Å². The van der Waals surface area contributed by atoms with Crippen molar-refractivity contribution < 1.29 is 22.2 Å². The van der Waals surface area contributed by atoms with Gasteiger partial charge in [0.15, 0.2) is 0 Å². The number of hydrogen-bond donors (Lipinski definition) is 1. The number of hydrogen-bond acceptors (Lipinski definition) is 4. The van der Waals surface area contributed by atoms with Crippen molar-refractivity contribution in [2.75, 3.05) is 33.7 Å². The maximum absolute atomic E-state index is 11.1. The second-order valence-corrected chi connectivity index (χ2v) is 7.96. The summed E-state index contributed by atoms with van der Waals surface area (Å²) in [6.07, 6.45) is 1.01. The van der Waals surface area contributed by atoms with Crippen molar-refractivity contribution in [2.24, 2.45) is 0 Å². The molecule has 0 aliphatic heterocycles. The fourth-order valence-corrected chi connectivity index (χ4v) is 2.40. The predicted molar refractivity (Wildman–Crippen MR) is 99.8 cm³/mol. The van der Waals surface area contributed by atoms with Gasteiger partial charge in [0.1, 0.15) is 0 Å². The molecule has 0 unspecified atom stereocenters. The molecule has 1 amide bonds. The van der Waals surface area contributed by atoms with Crippen LogP contribution in [0.4, 0.5) is 0 Å². The fourth-order valence-electron chi connectivity index (χ4n) is 1.80. The third kappa shape index (κ3) is 13.3. The van der Waals surface area contributed by atoms with E-state index in [1.165, 1.54) is 0 Å². The Hall–Kier alpha value is -1.70. The molecule has 25 heavy (non-hydrogen) atoms. The molecule has 0 heterocycles. The van der Waals surface area contributed by atoms with E-state index in [4.69, 9.17) is 0 Å². The van der Waals surface area contributed by atoms with Crippen LogP contribution < -0.4 is 5.32 Å². The minimum Gasteiger partial charge on any atom is -0.748 e. The lowest BCUT2D eigenvalue weighted by Crippen LogP contribution is -2.41. The summed E-state index contributed by atoms with van der Waals surface area (Å²) in [7, 11) is 0.263. The van der Waals surface area contributed by atoms with Gasteiger partial charge >= 0.3 is 0 Å². The van der Waals surface area contributed by atoms with Gasteiger partial charge in [-0.05, 0) is 19.4 Å². The van der Waals surface area contributed by atoms with Crippen molar-refractivity contribution in [1.82, 2.24) is 5.32 Å². The molecule has 1 aromatic carbocycles. The van der Waals surface area contributed by atoms with Crippen LogP contribution in [-0.4, -0.2) is 57.1 Å². The van der Waals surface area contributed by atoms with Gasteiger partial charge in [0, 0.05) is 18.5 Å². The third-order valence-electron chi connectivity index (χ3n) is 3.66. The van der Waals surface area contributed by atoms with E-state index in [0.29, 0.717) is 11.1 Å². The molecule has 0 fully saturated rings. The van der Waals surface area contributed by atoms with Crippen LogP contribution in [0.1, 0.15) is 25.8 Å². The van der Waals surface area contributed by atoms with Gasteiger partial charge in [0.05, 0.1) is 43.1 Å². The summed E-state index contributed by atoms with van der Waals surface area (Å²) < 4.78 is 31.7. The summed E-state index contributed by atoms with van der Waals surface area (Å²) in [4.78, 5) is 11.1. The Kier molecular flexibility index (Phi) is 10.3. The lowest BCUT2D eigenvalue weighted by Gasteiger charge is -2.28. The molecule has 6 nitrogen and oxygen atoms in total. The number of nitrogens with one attached hydrogen (secondary N) is 1. The minimum atomic E-state index is -4.13. The number of rotatable bonds is 8. The summed E-state index contributed by atoms with van der Waals surface area (Å²) in [5.41, 5.74) is 1.11. The third-order valence-corrected chi connectivity index (χ3v) is 4.34. The topological polar surface area (TPSA) is 86.3 Å². The Morgan fingerprint density at radius 2 is 1.80 bits per heavy atom. The van der Waals surface area contributed by atoms with Crippen LogP contribution in [-0.2, 0) is 20.7 Å². The van der Waals surface area contributed by atoms with Crippen LogP contribution in [0.25, 0.3) is 0 Å². The highest BCUT2D eigenvalue weighted by Gasteiger charge is 2.10. The van der Waals surface area contributed by atoms with E-state index in [1.54, 1.807) is 37.3 Å². The highest BCUT2D eigenvalue weighted by Crippen LogP contribution is 2.02. The smallest absolute Gasteiger partial charge is 0.246 e. The molecule has 0 radical (unpaired) electrons. The molecule has 0 saturated carbocycles. The number of amides is 1. The largest absolute Gasteiger partial charge is 0.748 e. The lowest BCUT2D eigenvalue weighted by molar-refractivity contribution is -0.888. The Morgan fingerprint density at radius 3 is 2.24 bits per heavy atom. The highest BCUT2D eigenvalue weighted by molar-refractivity contribution is 7.84. The minimum absolute atomic E-state index is 0.0354. The van der Waals surface area contributed by atoms with Gasteiger partial charge in [-0.3, -0.25) is 4.79 Å². The SMILES string of the molecule is C=C(C)C(=O)NCCC[N+](C)(C)CC.O=S(=O)([O-])Cc1ccccc1. The second kappa shape index (κ2) is 11.0. The molecule has 1 aromatic rings.